The van der Waals surface area contributed by atoms with Gasteiger partial charge in [0, 0.05) is 11.8 Å². The molecule has 0 bridgehead atoms. The molecule has 4 N–H and O–H groups in total. The molecule has 5 heteroatoms. The normalized spacial score (nSPS) is 12.5. The van der Waals surface area contributed by atoms with Gasteiger partial charge in [0.2, 0.25) is 5.91 Å². The molecule has 0 saturated carbocycles. The highest BCUT2D eigenvalue weighted by Crippen LogP contribution is 2.07. The van der Waals surface area contributed by atoms with Gasteiger partial charge in [-0.2, -0.15) is 5.10 Å². The third-order valence-corrected chi connectivity index (χ3v) is 2.18. The molecule has 0 aromatic carbocycles. The van der Waals surface area contributed by atoms with Crippen molar-refractivity contribution < 1.29 is 4.79 Å². The Bertz CT molecular complexity index is 321. The summed E-state index contributed by atoms with van der Waals surface area (Å²) in [6.07, 6.45) is 2.60. The molecular weight excluding hydrogens is 192 g/mol. The number of carbonyl (C=O) groups excluding carboxylic acids is 1. The van der Waals surface area contributed by atoms with Crippen LogP contribution in [0.15, 0.2) is 6.07 Å². The molecule has 1 amide bonds. The maximum Gasteiger partial charge on any atom is 0.242 e. The highest BCUT2D eigenvalue weighted by atomic mass is 16.2. The summed E-state index contributed by atoms with van der Waals surface area (Å²) in [7, 11) is 0. The lowest BCUT2D eigenvalue weighted by Gasteiger charge is -2.06. The first kappa shape index (κ1) is 11.7. The smallest absolute Gasteiger partial charge is 0.242 e. The third-order valence-electron chi connectivity index (χ3n) is 2.18. The molecule has 1 rings (SSSR count). The van der Waals surface area contributed by atoms with E-state index in [4.69, 9.17) is 5.73 Å². The molecule has 0 fully saturated rings. The minimum atomic E-state index is -0.462. The fraction of sp³-hybridized carbons (Fsp3) is 0.600. The predicted molar refractivity (Wildman–Crippen MR) is 59.5 cm³/mol. The van der Waals surface area contributed by atoms with Crippen molar-refractivity contribution in [2.75, 3.05) is 5.32 Å². The van der Waals surface area contributed by atoms with Crippen LogP contribution in [-0.4, -0.2) is 22.1 Å². The lowest BCUT2D eigenvalue weighted by Crippen LogP contribution is -2.34. The fourth-order valence-corrected chi connectivity index (χ4v) is 1.23. The van der Waals surface area contributed by atoms with Gasteiger partial charge in [-0.15, -0.1) is 0 Å². The zero-order chi connectivity index (χ0) is 11.3. The number of nitrogens with one attached hydrogen (secondary N) is 2. The fourth-order valence-electron chi connectivity index (χ4n) is 1.23. The Labute approximate surface area is 89.4 Å². The molecule has 0 spiro atoms. The maximum atomic E-state index is 11.4. The minimum absolute atomic E-state index is 0.188. The molecule has 0 aliphatic heterocycles. The van der Waals surface area contributed by atoms with Crippen molar-refractivity contribution in [3.8, 4) is 0 Å². The molecular formula is C10H18N4O. The minimum Gasteiger partial charge on any atom is -0.320 e. The second-order valence-electron chi connectivity index (χ2n) is 3.53. The number of aryl methyl sites for hydroxylation is 1. The van der Waals surface area contributed by atoms with E-state index in [1.54, 1.807) is 0 Å². The number of carbonyl (C=O) groups is 1. The molecule has 1 aromatic heterocycles. The van der Waals surface area contributed by atoms with Crippen molar-refractivity contribution >= 4 is 11.7 Å². The van der Waals surface area contributed by atoms with Gasteiger partial charge < -0.3 is 11.1 Å². The summed E-state index contributed by atoms with van der Waals surface area (Å²) in [5.41, 5.74) is 6.61. The average molecular weight is 210 g/mol. The molecule has 84 valence electrons. The Morgan fingerprint density at radius 1 is 1.67 bits per heavy atom. The van der Waals surface area contributed by atoms with E-state index in [1.807, 2.05) is 13.0 Å². The Kier molecular flexibility index (Phi) is 4.30. The van der Waals surface area contributed by atoms with E-state index in [2.05, 4.69) is 22.4 Å². The zero-order valence-electron chi connectivity index (χ0n) is 9.21. The van der Waals surface area contributed by atoms with Gasteiger partial charge in [-0.25, -0.2) is 0 Å². The number of H-pyrrole nitrogens is 1. The van der Waals surface area contributed by atoms with Crippen LogP contribution in [0.1, 0.15) is 32.4 Å². The monoisotopic (exact) mass is 210 g/mol. The van der Waals surface area contributed by atoms with Gasteiger partial charge in [-0.1, -0.05) is 20.3 Å². The predicted octanol–water partition coefficient (Wildman–Crippen LogP) is 1.04. The Balaban J connectivity index is 2.53. The van der Waals surface area contributed by atoms with Crippen molar-refractivity contribution in [1.82, 2.24) is 10.2 Å². The van der Waals surface area contributed by atoms with E-state index in [9.17, 15) is 4.79 Å². The molecule has 0 saturated heterocycles. The van der Waals surface area contributed by atoms with Crippen LogP contribution in [0.5, 0.6) is 0 Å². The number of anilines is 1. The molecule has 0 aliphatic rings. The second-order valence-corrected chi connectivity index (χ2v) is 3.53. The first-order valence-electron chi connectivity index (χ1n) is 5.28. The van der Waals surface area contributed by atoms with E-state index >= 15 is 0 Å². The zero-order valence-corrected chi connectivity index (χ0v) is 9.21. The molecule has 15 heavy (non-hydrogen) atoms. The van der Waals surface area contributed by atoms with E-state index in [0.717, 1.165) is 18.5 Å². The Morgan fingerprint density at radius 3 is 3.00 bits per heavy atom. The van der Waals surface area contributed by atoms with Gasteiger partial charge in [0.15, 0.2) is 5.82 Å². The number of hydrogen-bond acceptors (Lipinski definition) is 3. The summed E-state index contributed by atoms with van der Waals surface area (Å²) >= 11 is 0. The molecule has 0 radical (unpaired) electrons. The molecule has 1 aromatic rings. The number of aromatic amines is 1. The van der Waals surface area contributed by atoms with Gasteiger partial charge in [-0.05, 0) is 12.8 Å². The molecule has 1 atom stereocenters. The van der Waals surface area contributed by atoms with E-state index in [-0.39, 0.29) is 5.91 Å². The van der Waals surface area contributed by atoms with E-state index in [0.29, 0.717) is 12.2 Å². The number of hydrogen-bond donors (Lipinski definition) is 3. The lowest BCUT2D eigenvalue weighted by atomic mass is 10.2. The second kappa shape index (κ2) is 5.50. The van der Waals surface area contributed by atoms with Crippen molar-refractivity contribution in [1.29, 1.82) is 0 Å². The summed E-state index contributed by atoms with van der Waals surface area (Å²) in [6.45, 7) is 3.96. The standard InChI is InChI=1S/C10H18N4O/c1-3-5-7-6-9(14-13-7)12-10(15)8(11)4-2/h6,8H,3-5,11H2,1-2H3,(H2,12,13,14,15). The maximum absolute atomic E-state index is 11.4. The molecule has 1 unspecified atom stereocenters. The molecule has 1 heterocycles. The summed E-state index contributed by atoms with van der Waals surface area (Å²) in [5, 5.41) is 9.51. The number of aromatic nitrogens is 2. The quantitative estimate of drug-likeness (QED) is 0.679. The van der Waals surface area contributed by atoms with Crippen molar-refractivity contribution in [3.63, 3.8) is 0 Å². The van der Waals surface area contributed by atoms with Gasteiger partial charge in [0.1, 0.15) is 0 Å². The SMILES string of the molecule is CCCc1cc(NC(=O)C(N)CC)n[nH]1. The summed E-state index contributed by atoms with van der Waals surface area (Å²) < 4.78 is 0. The number of nitrogens with two attached hydrogens (primary N) is 1. The van der Waals surface area contributed by atoms with Crippen LogP contribution in [0.2, 0.25) is 0 Å². The van der Waals surface area contributed by atoms with Crippen molar-refractivity contribution in [2.24, 2.45) is 5.73 Å². The van der Waals surface area contributed by atoms with Gasteiger partial charge in [0.25, 0.3) is 0 Å². The molecule has 5 nitrogen and oxygen atoms in total. The Hall–Kier alpha value is -1.36. The van der Waals surface area contributed by atoms with Crippen molar-refractivity contribution in [3.05, 3.63) is 11.8 Å². The topological polar surface area (TPSA) is 83.8 Å². The van der Waals surface area contributed by atoms with Gasteiger partial charge >= 0.3 is 0 Å². The first-order valence-corrected chi connectivity index (χ1v) is 5.28. The van der Waals surface area contributed by atoms with Crippen LogP contribution in [-0.2, 0) is 11.2 Å². The highest BCUT2D eigenvalue weighted by Gasteiger charge is 2.12. The number of nitrogens with zero attached hydrogens (tertiary/aromatic N) is 1. The van der Waals surface area contributed by atoms with Gasteiger partial charge in [-0.3, -0.25) is 9.89 Å². The van der Waals surface area contributed by atoms with Crippen LogP contribution in [0.3, 0.4) is 0 Å². The van der Waals surface area contributed by atoms with Crippen LogP contribution in [0.4, 0.5) is 5.82 Å². The average Bonchev–Trinajstić information content (AvgIpc) is 2.65. The Morgan fingerprint density at radius 2 is 2.40 bits per heavy atom. The summed E-state index contributed by atoms with van der Waals surface area (Å²) in [6, 6.07) is 1.38. The molecule has 0 aliphatic carbocycles. The van der Waals surface area contributed by atoms with Crippen LogP contribution >= 0.6 is 0 Å². The number of rotatable bonds is 5. The third kappa shape index (κ3) is 3.36. The van der Waals surface area contributed by atoms with Crippen molar-refractivity contribution in [2.45, 2.75) is 39.2 Å². The van der Waals surface area contributed by atoms with Crippen LogP contribution in [0.25, 0.3) is 0 Å². The first-order chi connectivity index (χ1) is 7.17. The highest BCUT2D eigenvalue weighted by molar-refractivity contribution is 5.93. The van der Waals surface area contributed by atoms with E-state index < -0.39 is 6.04 Å². The van der Waals surface area contributed by atoms with Gasteiger partial charge in [0.05, 0.1) is 6.04 Å². The largest absolute Gasteiger partial charge is 0.320 e. The summed E-state index contributed by atoms with van der Waals surface area (Å²) in [4.78, 5) is 11.4. The van der Waals surface area contributed by atoms with Crippen LogP contribution in [0, 0.1) is 0 Å². The summed E-state index contributed by atoms with van der Waals surface area (Å²) in [5.74, 6) is 0.361. The lowest BCUT2D eigenvalue weighted by molar-refractivity contribution is -0.117. The van der Waals surface area contributed by atoms with E-state index in [1.165, 1.54) is 0 Å². The number of amides is 1. The van der Waals surface area contributed by atoms with Crippen LogP contribution < -0.4 is 11.1 Å².